The highest BCUT2D eigenvalue weighted by atomic mass is 16.5. The summed E-state index contributed by atoms with van der Waals surface area (Å²) >= 11 is 0. The van der Waals surface area contributed by atoms with E-state index in [-0.39, 0.29) is 36.6 Å². The van der Waals surface area contributed by atoms with E-state index in [1.807, 2.05) is 9.80 Å². The maximum atomic E-state index is 13.7. The Balaban J connectivity index is 1.41. The zero-order valence-corrected chi connectivity index (χ0v) is 21.5. The number of ether oxygens (including phenoxy) is 2. The SMILES string of the molecule is CCOC(=O)C[C@H]1C[C@@H](OC)CN1C(=O)N1CCCC[C@H]1CCc1cc2ccc(CCC#N)cc2[nH]1. The standard InChI is InChI=1S/C28H38N4O4/c1-3-36-27(33)18-24-17-25(35-2)19-32(24)28(34)31-14-5-4-8-23(31)12-11-22-16-21-10-9-20(7-6-13-29)15-26(21)30-22/h9-10,15-16,23-25,30H,3-8,11-12,14,17-19H2,1-2H3/t23-,24+,25+/m0/s1. The van der Waals surface area contributed by atoms with E-state index in [1.165, 1.54) is 16.6 Å². The van der Waals surface area contributed by atoms with Crippen molar-refractivity contribution >= 4 is 22.9 Å². The third-order valence-corrected chi connectivity index (χ3v) is 7.55. The van der Waals surface area contributed by atoms with E-state index >= 15 is 0 Å². The predicted octanol–water partition coefficient (Wildman–Crippen LogP) is 4.57. The van der Waals surface area contributed by atoms with Crippen molar-refractivity contribution in [2.24, 2.45) is 0 Å². The van der Waals surface area contributed by atoms with E-state index in [4.69, 9.17) is 14.7 Å². The lowest BCUT2D eigenvalue weighted by molar-refractivity contribution is -0.144. The Hall–Kier alpha value is -3.05. The molecule has 3 atom stereocenters. The first-order valence-corrected chi connectivity index (χ1v) is 13.3. The average Bonchev–Trinajstić information content (AvgIpc) is 3.49. The molecule has 2 amide bonds. The van der Waals surface area contributed by atoms with Gasteiger partial charge in [-0.15, -0.1) is 0 Å². The predicted molar refractivity (Wildman–Crippen MR) is 137 cm³/mol. The number of aromatic nitrogens is 1. The minimum Gasteiger partial charge on any atom is -0.466 e. The summed E-state index contributed by atoms with van der Waals surface area (Å²) in [6.07, 6.45) is 6.97. The third kappa shape index (κ3) is 6.19. The number of fused-ring (bicyclic) bond motifs is 1. The Labute approximate surface area is 213 Å². The quantitative estimate of drug-likeness (QED) is 0.515. The van der Waals surface area contributed by atoms with Gasteiger partial charge >= 0.3 is 12.0 Å². The number of nitrogens with one attached hydrogen (secondary N) is 1. The van der Waals surface area contributed by atoms with Crippen LogP contribution in [0.2, 0.25) is 0 Å². The maximum absolute atomic E-state index is 13.7. The van der Waals surface area contributed by atoms with Crippen LogP contribution in [-0.4, -0.2) is 71.8 Å². The number of aromatic amines is 1. The van der Waals surface area contributed by atoms with Gasteiger partial charge in [0.1, 0.15) is 0 Å². The number of nitriles is 1. The lowest BCUT2D eigenvalue weighted by atomic mass is 9.97. The summed E-state index contributed by atoms with van der Waals surface area (Å²) in [5, 5.41) is 10.0. The lowest BCUT2D eigenvalue weighted by Crippen LogP contribution is -2.52. The van der Waals surface area contributed by atoms with Gasteiger partial charge in [-0.25, -0.2) is 4.79 Å². The van der Waals surface area contributed by atoms with Crippen molar-refractivity contribution in [3.05, 3.63) is 35.5 Å². The molecule has 3 heterocycles. The van der Waals surface area contributed by atoms with E-state index in [9.17, 15) is 9.59 Å². The minimum atomic E-state index is -0.262. The molecule has 1 aromatic carbocycles. The molecule has 0 bridgehead atoms. The first-order chi connectivity index (χ1) is 17.5. The molecule has 2 aromatic rings. The van der Waals surface area contributed by atoms with Crippen LogP contribution in [0.25, 0.3) is 10.9 Å². The molecule has 8 heteroatoms. The molecule has 36 heavy (non-hydrogen) atoms. The third-order valence-electron chi connectivity index (χ3n) is 7.55. The zero-order chi connectivity index (χ0) is 25.5. The summed E-state index contributed by atoms with van der Waals surface area (Å²) in [4.78, 5) is 33.3. The lowest BCUT2D eigenvalue weighted by Gasteiger charge is -2.39. The second-order valence-electron chi connectivity index (χ2n) is 9.95. The van der Waals surface area contributed by atoms with Crippen molar-refractivity contribution < 1.29 is 19.1 Å². The summed E-state index contributed by atoms with van der Waals surface area (Å²) < 4.78 is 10.7. The summed E-state index contributed by atoms with van der Waals surface area (Å²) in [5.41, 5.74) is 3.43. The number of amides is 2. The van der Waals surface area contributed by atoms with Crippen LogP contribution in [0.3, 0.4) is 0 Å². The maximum Gasteiger partial charge on any atom is 0.320 e. The fourth-order valence-electron chi connectivity index (χ4n) is 5.65. The number of aryl methyl sites for hydroxylation is 2. The van der Waals surface area contributed by atoms with Gasteiger partial charge in [-0.3, -0.25) is 4.79 Å². The van der Waals surface area contributed by atoms with Gasteiger partial charge in [0.15, 0.2) is 0 Å². The van der Waals surface area contributed by atoms with E-state index < -0.39 is 0 Å². The molecule has 194 valence electrons. The highest BCUT2D eigenvalue weighted by Gasteiger charge is 2.40. The van der Waals surface area contributed by atoms with Gasteiger partial charge in [-0.2, -0.15) is 5.26 Å². The van der Waals surface area contributed by atoms with Gasteiger partial charge < -0.3 is 24.3 Å². The number of carbonyl (C=O) groups excluding carboxylic acids is 2. The van der Waals surface area contributed by atoms with E-state index in [2.05, 4.69) is 35.3 Å². The van der Waals surface area contributed by atoms with Crippen molar-refractivity contribution in [1.82, 2.24) is 14.8 Å². The Morgan fingerprint density at radius 3 is 2.81 bits per heavy atom. The van der Waals surface area contributed by atoms with Gasteiger partial charge in [0.25, 0.3) is 0 Å². The highest BCUT2D eigenvalue weighted by Crippen LogP contribution is 2.29. The summed E-state index contributed by atoms with van der Waals surface area (Å²) in [5.74, 6) is -0.262. The molecule has 1 aromatic heterocycles. The number of hydrogen-bond donors (Lipinski definition) is 1. The second kappa shape index (κ2) is 12.3. The molecule has 2 aliphatic heterocycles. The molecule has 2 saturated heterocycles. The van der Waals surface area contributed by atoms with E-state index in [0.29, 0.717) is 26.0 Å². The Morgan fingerprint density at radius 1 is 1.17 bits per heavy atom. The van der Waals surface area contributed by atoms with Crippen LogP contribution in [-0.2, 0) is 27.1 Å². The molecule has 2 aliphatic rings. The topological polar surface area (TPSA) is 98.7 Å². The molecule has 0 aliphatic carbocycles. The Morgan fingerprint density at radius 2 is 2.03 bits per heavy atom. The fraction of sp³-hybridized carbons (Fsp3) is 0.607. The highest BCUT2D eigenvalue weighted by molar-refractivity contribution is 5.81. The van der Waals surface area contributed by atoms with Crippen molar-refractivity contribution in [2.45, 2.75) is 82.9 Å². The molecule has 0 radical (unpaired) electrons. The number of likely N-dealkylation sites (tertiary alicyclic amines) is 2. The van der Waals surface area contributed by atoms with Gasteiger partial charge in [0.05, 0.1) is 25.2 Å². The molecule has 0 saturated carbocycles. The van der Waals surface area contributed by atoms with Crippen LogP contribution in [0.4, 0.5) is 4.79 Å². The van der Waals surface area contributed by atoms with E-state index in [0.717, 1.165) is 50.6 Å². The van der Waals surface area contributed by atoms with Crippen LogP contribution in [0.5, 0.6) is 0 Å². The smallest absolute Gasteiger partial charge is 0.320 e. The fourth-order valence-corrected chi connectivity index (χ4v) is 5.65. The molecule has 1 N–H and O–H groups in total. The first kappa shape index (κ1) is 26.0. The van der Waals surface area contributed by atoms with Crippen LogP contribution < -0.4 is 0 Å². The van der Waals surface area contributed by atoms with Crippen molar-refractivity contribution in [3.63, 3.8) is 0 Å². The normalized spacial score (nSPS) is 22.1. The van der Waals surface area contributed by atoms with Crippen LogP contribution >= 0.6 is 0 Å². The van der Waals surface area contributed by atoms with Crippen molar-refractivity contribution in [2.75, 3.05) is 26.8 Å². The Kier molecular flexibility index (Phi) is 8.87. The van der Waals surface area contributed by atoms with Crippen LogP contribution in [0.1, 0.15) is 63.1 Å². The van der Waals surface area contributed by atoms with E-state index in [1.54, 1.807) is 14.0 Å². The summed E-state index contributed by atoms with van der Waals surface area (Å²) in [7, 11) is 1.66. The second-order valence-corrected chi connectivity index (χ2v) is 9.95. The number of esters is 1. The van der Waals surface area contributed by atoms with Gasteiger partial charge in [0.2, 0.25) is 0 Å². The average molecular weight is 495 g/mol. The first-order valence-electron chi connectivity index (χ1n) is 13.3. The molecule has 2 fully saturated rings. The molecule has 8 nitrogen and oxygen atoms in total. The summed E-state index contributed by atoms with van der Waals surface area (Å²) in [6.45, 7) is 3.40. The molecular formula is C28H38N4O4. The van der Waals surface area contributed by atoms with Crippen LogP contribution in [0, 0.1) is 11.3 Å². The van der Waals surface area contributed by atoms with Crippen molar-refractivity contribution in [3.8, 4) is 6.07 Å². The number of H-pyrrole nitrogens is 1. The number of hydrogen-bond acceptors (Lipinski definition) is 5. The number of nitrogens with zero attached hydrogens (tertiary/aromatic N) is 3. The number of benzene rings is 1. The largest absolute Gasteiger partial charge is 0.466 e. The Bertz CT molecular complexity index is 1090. The molecule has 0 unspecified atom stereocenters. The minimum absolute atomic E-state index is 0.0207. The molecule has 4 rings (SSSR count). The molecular weight excluding hydrogens is 456 g/mol. The number of piperidine rings is 1. The van der Waals surface area contributed by atoms with Gasteiger partial charge in [-0.1, -0.05) is 12.1 Å². The van der Waals surface area contributed by atoms with Crippen LogP contribution in [0.15, 0.2) is 24.3 Å². The monoisotopic (exact) mass is 494 g/mol. The number of rotatable bonds is 9. The number of carbonyl (C=O) groups is 2. The van der Waals surface area contributed by atoms with Gasteiger partial charge in [0, 0.05) is 49.9 Å². The number of methoxy groups -OCH3 is 1. The summed E-state index contributed by atoms with van der Waals surface area (Å²) in [6, 6.07) is 10.7. The van der Waals surface area contributed by atoms with Crippen molar-refractivity contribution in [1.29, 1.82) is 5.26 Å². The number of urea groups is 1. The zero-order valence-electron chi connectivity index (χ0n) is 21.5. The van der Waals surface area contributed by atoms with Gasteiger partial charge in [-0.05, 0) is 75.0 Å². The molecule has 0 spiro atoms.